The summed E-state index contributed by atoms with van der Waals surface area (Å²) in [7, 11) is 0. The minimum Gasteiger partial charge on any atom is -0.312 e. The molecule has 108 valence electrons. The second-order valence-electron chi connectivity index (χ2n) is 6.54. The summed E-state index contributed by atoms with van der Waals surface area (Å²) in [6, 6.07) is 4.89. The first kappa shape index (κ1) is 16.5. The maximum atomic E-state index is 13.8. The average molecular weight is 286 g/mol. The molecule has 0 aromatic heterocycles. The van der Waals surface area contributed by atoms with Gasteiger partial charge in [0.05, 0.1) is 0 Å². The molecular weight excluding hydrogens is 261 g/mol. The lowest BCUT2D eigenvalue weighted by atomic mass is 9.88. The Morgan fingerprint density at radius 2 is 1.89 bits per heavy atom. The van der Waals surface area contributed by atoms with Crippen molar-refractivity contribution in [2.45, 2.75) is 46.6 Å². The molecule has 0 fully saturated rings. The number of benzene rings is 1. The van der Waals surface area contributed by atoms with E-state index in [1.807, 2.05) is 0 Å². The number of rotatable bonds is 5. The Hall–Kier alpha value is -0.600. The lowest BCUT2D eigenvalue weighted by molar-refractivity contribution is 0.310. The summed E-state index contributed by atoms with van der Waals surface area (Å²) < 4.78 is 13.8. The van der Waals surface area contributed by atoms with Crippen LogP contribution in [0.1, 0.15) is 40.2 Å². The number of hydrogen-bond acceptors (Lipinski definition) is 1. The molecule has 0 amide bonds. The van der Waals surface area contributed by atoms with Crippen molar-refractivity contribution in [1.29, 1.82) is 0 Å². The van der Waals surface area contributed by atoms with E-state index >= 15 is 0 Å². The molecule has 0 heterocycles. The standard InChI is InChI=1S/C16H25ClFN/c1-11(2)12(10-19-16(3,4)5)9-13-14(17)7-6-8-15(13)18/h6-8,11-12,19H,9-10H2,1-5H3. The first-order valence-electron chi connectivity index (χ1n) is 6.88. The van der Waals surface area contributed by atoms with Crippen LogP contribution in [0, 0.1) is 17.7 Å². The SMILES string of the molecule is CC(C)C(CNC(C)(C)C)Cc1c(F)cccc1Cl. The van der Waals surface area contributed by atoms with E-state index in [-0.39, 0.29) is 11.4 Å². The molecule has 1 N–H and O–H groups in total. The Bertz CT molecular complexity index is 389. The van der Waals surface area contributed by atoms with Gasteiger partial charge in [0, 0.05) is 16.1 Å². The van der Waals surface area contributed by atoms with Gasteiger partial charge in [-0.1, -0.05) is 31.5 Å². The van der Waals surface area contributed by atoms with Crippen molar-refractivity contribution in [3.8, 4) is 0 Å². The third-order valence-corrected chi connectivity index (χ3v) is 3.72. The van der Waals surface area contributed by atoms with E-state index in [4.69, 9.17) is 11.6 Å². The second kappa shape index (κ2) is 6.71. The topological polar surface area (TPSA) is 12.0 Å². The van der Waals surface area contributed by atoms with Gasteiger partial charge in [0.2, 0.25) is 0 Å². The van der Waals surface area contributed by atoms with Gasteiger partial charge in [-0.2, -0.15) is 0 Å². The molecule has 1 aromatic rings. The highest BCUT2D eigenvalue weighted by atomic mass is 35.5. The van der Waals surface area contributed by atoms with Crippen molar-refractivity contribution in [2.24, 2.45) is 11.8 Å². The summed E-state index contributed by atoms with van der Waals surface area (Å²) in [4.78, 5) is 0. The normalized spacial score (nSPS) is 13.9. The zero-order chi connectivity index (χ0) is 14.6. The Morgan fingerprint density at radius 3 is 2.37 bits per heavy atom. The molecule has 0 saturated heterocycles. The Labute approximate surface area is 121 Å². The largest absolute Gasteiger partial charge is 0.312 e. The van der Waals surface area contributed by atoms with Crippen LogP contribution in [0.5, 0.6) is 0 Å². The Morgan fingerprint density at radius 1 is 1.26 bits per heavy atom. The number of nitrogens with one attached hydrogen (secondary N) is 1. The predicted molar refractivity (Wildman–Crippen MR) is 81.2 cm³/mol. The molecule has 19 heavy (non-hydrogen) atoms. The molecule has 3 heteroatoms. The second-order valence-corrected chi connectivity index (χ2v) is 6.95. The van der Waals surface area contributed by atoms with Crippen LogP contribution in [0.4, 0.5) is 4.39 Å². The first-order chi connectivity index (χ1) is 8.70. The van der Waals surface area contributed by atoms with Crippen LogP contribution in [0.25, 0.3) is 0 Å². The quantitative estimate of drug-likeness (QED) is 0.828. The monoisotopic (exact) mass is 285 g/mol. The minimum absolute atomic E-state index is 0.0756. The first-order valence-corrected chi connectivity index (χ1v) is 7.26. The van der Waals surface area contributed by atoms with Crippen LogP contribution in [0.15, 0.2) is 18.2 Å². The van der Waals surface area contributed by atoms with Crippen molar-refractivity contribution >= 4 is 11.6 Å². The van der Waals surface area contributed by atoms with E-state index in [0.717, 1.165) is 6.54 Å². The molecule has 0 aliphatic rings. The van der Waals surface area contributed by atoms with E-state index < -0.39 is 0 Å². The summed E-state index contributed by atoms with van der Waals surface area (Å²) in [5.41, 5.74) is 0.713. The van der Waals surface area contributed by atoms with Gasteiger partial charge in [0.1, 0.15) is 5.82 Å². The molecule has 1 aromatic carbocycles. The number of hydrogen-bond donors (Lipinski definition) is 1. The molecule has 1 unspecified atom stereocenters. The fourth-order valence-electron chi connectivity index (χ4n) is 1.97. The molecule has 0 aliphatic heterocycles. The highest BCUT2D eigenvalue weighted by Gasteiger charge is 2.20. The van der Waals surface area contributed by atoms with Crippen molar-refractivity contribution in [2.75, 3.05) is 6.54 Å². The maximum Gasteiger partial charge on any atom is 0.127 e. The molecule has 0 bridgehead atoms. The van der Waals surface area contributed by atoms with Gasteiger partial charge in [-0.25, -0.2) is 4.39 Å². The van der Waals surface area contributed by atoms with Gasteiger partial charge in [-0.15, -0.1) is 0 Å². The van der Waals surface area contributed by atoms with Gasteiger partial charge < -0.3 is 5.32 Å². The van der Waals surface area contributed by atoms with Crippen LogP contribution in [0.2, 0.25) is 5.02 Å². The van der Waals surface area contributed by atoms with Crippen molar-refractivity contribution in [3.63, 3.8) is 0 Å². The van der Waals surface area contributed by atoms with Gasteiger partial charge in [0.15, 0.2) is 0 Å². The highest BCUT2D eigenvalue weighted by Crippen LogP contribution is 2.25. The number of halogens is 2. The van der Waals surface area contributed by atoms with E-state index in [1.54, 1.807) is 12.1 Å². The average Bonchev–Trinajstić information content (AvgIpc) is 2.25. The molecule has 1 rings (SSSR count). The lowest BCUT2D eigenvalue weighted by Crippen LogP contribution is -2.40. The van der Waals surface area contributed by atoms with Crippen molar-refractivity contribution in [1.82, 2.24) is 5.32 Å². The maximum absolute atomic E-state index is 13.8. The lowest BCUT2D eigenvalue weighted by Gasteiger charge is -2.28. The molecular formula is C16H25ClFN. The van der Waals surface area contributed by atoms with Gasteiger partial charge in [0.25, 0.3) is 0 Å². The fourth-order valence-corrected chi connectivity index (χ4v) is 2.21. The third-order valence-electron chi connectivity index (χ3n) is 3.37. The molecule has 0 spiro atoms. The van der Waals surface area contributed by atoms with Gasteiger partial charge in [-0.05, 0) is 57.7 Å². The van der Waals surface area contributed by atoms with E-state index in [0.29, 0.717) is 28.8 Å². The van der Waals surface area contributed by atoms with Gasteiger partial charge in [-0.3, -0.25) is 0 Å². The van der Waals surface area contributed by atoms with E-state index in [1.165, 1.54) is 6.07 Å². The van der Waals surface area contributed by atoms with Crippen molar-refractivity contribution < 1.29 is 4.39 Å². The van der Waals surface area contributed by atoms with Crippen LogP contribution in [-0.2, 0) is 6.42 Å². The minimum atomic E-state index is -0.200. The summed E-state index contributed by atoms with van der Waals surface area (Å²) in [6.07, 6.45) is 0.673. The summed E-state index contributed by atoms with van der Waals surface area (Å²) in [6.45, 7) is 11.6. The summed E-state index contributed by atoms with van der Waals surface area (Å²) in [5, 5.41) is 4.03. The zero-order valence-corrected chi connectivity index (χ0v) is 13.3. The zero-order valence-electron chi connectivity index (χ0n) is 12.6. The highest BCUT2D eigenvalue weighted by molar-refractivity contribution is 6.31. The van der Waals surface area contributed by atoms with Gasteiger partial charge >= 0.3 is 0 Å². The van der Waals surface area contributed by atoms with Crippen LogP contribution in [0.3, 0.4) is 0 Å². The fraction of sp³-hybridized carbons (Fsp3) is 0.625. The molecule has 1 atom stereocenters. The molecule has 0 saturated carbocycles. The predicted octanol–water partition coefficient (Wildman–Crippen LogP) is 4.68. The summed E-state index contributed by atoms with van der Waals surface area (Å²) >= 11 is 6.11. The van der Waals surface area contributed by atoms with Crippen LogP contribution >= 0.6 is 11.6 Å². The smallest absolute Gasteiger partial charge is 0.127 e. The van der Waals surface area contributed by atoms with Crippen molar-refractivity contribution in [3.05, 3.63) is 34.6 Å². The summed E-state index contributed by atoms with van der Waals surface area (Å²) in [5.74, 6) is 0.646. The Balaban J connectivity index is 2.79. The van der Waals surface area contributed by atoms with E-state index in [2.05, 4.69) is 39.9 Å². The van der Waals surface area contributed by atoms with E-state index in [9.17, 15) is 4.39 Å². The molecule has 0 radical (unpaired) electrons. The van der Waals surface area contributed by atoms with Crippen LogP contribution < -0.4 is 5.32 Å². The third kappa shape index (κ3) is 5.50. The molecule has 1 nitrogen and oxygen atoms in total. The Kier molecular flexibility index (Phi) is 5.82. The van der Waals surface area contributed by atoms with Crippen LogP contribution in [-0.4, -0.2) is 12.1 Å². The molecule has 0 aliphatic carbocycles.